The maximum Gasteiger partial charge on any atom is 0.0311 e. The molecule has 0 fully saturated rings. The summed E-state index contributed by atoms with van der Waals surface area (Å²) in [5.74, 6) is 0. The molecule has 1 rings (SSSR count). The van der Waals surface area contributed by atoms with E-state index in [4.69, 9.17) is 0 Å². The number of likely N-dealkylation sites (N-methyl/N-ethyl adjacent to an activating group) is 1. The predicted octanol–water partition coefficient (Wildman–Crippen LogP) is 1.61. The first kappa shape index (κ1) is 8.68. The summed E-state index contributed by atoms with van der Waals surface area (Å²) in [7, 11) is 1.95. The van der Waals surface area contributed by atoms with Crippen LogP contribution in [0.3, 0.4) is 0 Å². The fraction of sp³-hybridized carbons (Fsp3) is 0.375. The van der Waals surface area contributed by atoms with Crippen LogP contribution >= 0.6 is 15.9 Å². The van der Waals surface area contributed by atoms with Gasteiger partial charge < -0.3 is 5.32 Å². The Kier molecular flexibility index (Phi) is 3.52. The van der Waals surface area contributed by atoms with Gasteiger partial charge in [-0.1, -0.05) is 15.9 Å². The van der Waals surface area contributed by atoms with Crippen molar-refractivity contribution in [1.82, 2.24) is 10.3 Å². The summed E-state index contributed by atoms with van der Waals surface area (Å²) in [4.78, 5) is 4.04. The van der Waals surface area contributed by atoms with Crippen LogP contribution in [-0.4, -0.2) is 18.6 Å². The molecule has 2 nitrogen and oxygen atoms in total. The highest BCUT2D eigenvalue weighted by molar-refractivity contribution is 9.10. The SMILES string of the molecule is CNCCc1cnccc1Br. The first-order valence-electron chi connectivity index (χ1n) is 3.57. The average Bonchev–Trinajstić information content (AvgIpc) is 2.03. The minimum Gasteiger partial charge on any atom is -0.319 e. The topological polar surface area (TPSA) is 24.9 Å². The van der Waals surface area contributed by atoms with E-state index in [0.29, 0.717) is 0 Å². The molecule has 0 unspecified atom stereocenters. The lowest BCUT2D eigenvalue weighted by atomic mass is 10.2. The van der Waals surface area contributed by atoms with E-state index in [9.17, 15) is 0 Å². The molecule has 0 aliphatic rings. The van der Waals surface area contributed by atoms with E-state index in [-0.39, 0.29) is 0 Å². The van der Waals surface area contributed by atoms with E-state index in [1.807, 2.05) is 19.3 Å². The Labute approximate surface area is 75.2 Å². The second kappa shape index (κ2) is 4.46. The van der Waals surface area contributed by atoms with Crippen LogP contribution in [0.25, 0.3) is 0 Å². The third-order valence-corrected chi connectivity index (χ3v) is 2.26. The summed E-state index contributed by atoms with van der Waals surface area (Å²) in [6.45, 7) is 0.990. The third kappa shape index (κ3) is 2.60. The van der Waals surface area contributed by atoms with Gasteiger partial charge in [0.15, 0.2) is 0 Å². The highest BCUT2D eigenvalue weighted by Crippen LogP contribution is 2.14. The Bertz CT molecular complexity index is 225. The fourth-order valence-electron chi connectivity index (χ4n) is 0.854. The monoisotopic (exact) mass is 214 g/mol. The molecule has 1 N–H and O–H groups in total. The molecule has 0 bridgehead atoms. The first-order valence-corrected chi connectivity index (χ1v) is 4.37. The molecule has 0 amide bonds. The van der Waals surface area contributed by atoms with Crippen molar-refractivity contribution in [3.63, 3.8) is 0 Å². The molecular formula is C8H11BrN2. The molecule has 0 spiro atoms. The van der Waals surface area contributed by atoms with Gasteiger partial charge in [0, 0.05) is 16.9 Å². The maximum atomic E-state index is 4.04. The van der Waals surface area contributed by atoms with Crippen LogP contribution < -0.4 is 5.32 Å². The van der Waals surface area contributed by atoms with Gasteiger partial charge in [0.25, 0.3) is 0 Å². The lowest BCUT2D eigenvalue weighted by molar-refractivity contribution is 0.787. The average molecular weight is 215 g/mol. The molecule has 3 heteroatoms. The first-order chi connectivity index (χ1) is 5.34. The van der Waals surface area contributed by atoms with Crippen molar-refractivity contribution in [2.45, 2.75) is 6.42 Å². The zero-order valence-electron chi connectivity index (χ0n) is 6.47. The quantitative estimate of drug-likeness (QED) is 0.828. The number of aromatic nitrogens is 1. The van der Waals surface area contributed by atoms with Crippen molar-refractivity contribution >= 4 is 15.9 Å². The largest absolute Gasteiger partial charge is 0.319 e. The van der Waals surface area contributed by atoms with Gasteiger partial charge in [-0.15, -0.1) is 0 Å². The van der Waals surface area contributed by atoms with E-state index in [2.05, 4.69) is 26.2 Å². The van der Waals surface area contributed by atoms with E-state index < -0.39 is 0 Å². The molecule has 1 heterocycles. The molecular weight excluding hydrogens is 204 g/mol. The van der Waals surface area contributed by atoms with Gasteiger partial charge in [0.1, 0.15) is 0 Å². The third-order valence-electron chi connectivity index (χ3n) is 1.49. The van der Waals surface area contributed by atoms with Crippen molar-refractivity contribution in [2.24, 2.45) is 0 Å². The smallest absolute Gasteiger partial charge is 0.0311 e. The standard InChI is InChI=1S/C8H11BrN2/c1-10-4-2-7-6-11-5-3-8(7)9/h3,5-6,10H,2,4H2,1H3. The van der Waals surface area contributed by atoms with Gasteiger partial charge in [-0.05, 0) is 31.6 Å². The number of nitrogens with one attached hydrogen (secondary N) is 1. The van der Waals surface area contributed by atoms with Crippen LogP contribution in [0.5, 0.6) is 0 Å². The molecule has 0 radical (unpaired) electrons. The van der Waals surface area contributed by atoms with Crippen molar-refractivity contribution in [1.29, 1.82) is 0 Å². The minimum absolute atomic E-state index is 0.990. The van der Waals surface area contributed by atoms with E-state index in [1.165, 1.54) is 5.56 Å². The molecule has 1 aromatic rings. The molecule has 1 aromatic heterocycles. The molecule has 0 saturated heterocycles. The van der Waals surface area contributed by atoms with Gasteiger partial charge in [-0.3, -0.25) is 4.98 Å². The van der Waals surface area contributed by atoms with E-state index >= 15 is 0 Å². The van der Waals surface area contributed by atoms with Crippen LogP contribution in [0.1, 0.15) is 5.56 Å². The van der Waals surface area contributed by atoms with Crippen molar-refractivity contribution in [2.75, 3.05) is 13.6 Å². The molecule has 0 atom stereocenters. The normalized spacial score (nSPS) is 10.0. The van der Waals surface area contributed by atoms with Crippen molar-refractivity contribution in [3.05, 3.63) is 28.5 Å². The van der Waals surface area contributed by atoms with Gasteiger partial charge in [0.05, 0.1) is 0 Å². The predicted molar refractivity (Wildman–Crippen MR) is 49.6 cm³/mol. The molecule has 0 saturated carbocycles. The molecule has 0 aromatic carbocycles. The van der Waals surface area contributed by atoms with Crippen molar-refractivity contribution in [3.8, 4) is 0 Å². The summed E-state index contributed by atoms with van der Waals surface area (Å²) in [6, 6.07) is 1.96. The minimum atomic E-state index is 0.990. The molecule has 0 aliphatic carbocycles. The summed E-state index contributed by atoms with van der Waals surface area (Å²) in [5.41, 5.74) is 1.25. The number of nitrogens with zero attached hydrogens (tertiary/aromatic N) is 1. The highest BCUT2D eigenvalue weighted by atomic mass is 79.9. The second-order valence-electron chi connectivity index (χ2n) is 2.32. The number of hydrogen-bond acceptors (Lipinski definition) is 2. The van der Waals surface area contributed by atoms with Crippen molar-refractivity contribution < 1.29 is 0 Å². The second-order valence-corrected chi connectivity index (χ2v) is 3.17. The summed E-state index contributed by atoms with van der Waals surface area (Å²) < 4.78 is 1.14. The summed E-state index contributed by atoms with van der Waals surface area (Å²) in [5, 5.41) is 3.09. The van der Waals surface area contributed by atoms with Crippen LogP contribution in [0.4, 0.5) is 0 Å². The fourth-order valence-corrected chi connectivity index (χ4v) is 1.27. The van der Waals surface area contributed by atoms with Crippen LogP contribution in [0, 0.1) is 0 Å². The van der Waals surface area contributed by atoms with Crippen LogP contribution in [-0.2, 0) is 6.42 Å². The zero-order valence-corrected chi connectivity index (χ0v) is 8.06. The Morgan fingerprint density at radius 2 is 2.45 bits per heavy atom. The van der Waals surface area contributed by atoms with E-state index in [1.54, 1.807) is 6.20 Å². The number of hydrogen-bond donors (Lipinski definition) is 1. The summed E-state index contributed by atoms with van der Waals surface area (Å²) >= 11 is 3.46. The van der Waals surface area contributed by atoms with E-state index in [0.717, 1.165) is 17.4 Å². The lowest BCUT2D eigenvalue weighted by Crippen LogP contribution is -2.10. The lowest BCUT2D eigenvalue weighted by Gasteiger charge is -2.01. The Balaban J connectivity index is 2.62. The molecule has 60 valence electrons. The van der Waals surface area contributed by atoms with Gasteiger partial charge in [-0.25, -0.2) is 0 Å². The molecule has 0 aliphatic heterocycles. The Hall–Kier alpha value is -0.410. The zero-order chi connectivity index (χ0) is 8.10. The molecule has 11 heavy (non-hydrogen) atoms. The number of halogens is 1. The maximum absolute atomic E-state index is 4.04. The summed E-state index contributed by atoms with van der Waals surface area (Å²) in [6.07, 6.45) is 4.69. The number of rotatable bonds is 3. The highest BCUT2D eigenvalue weighted by Gasteiger charge is 1.96. The Morgan fingerprint density at radius 3 is 3.09 bits per heavy atom. The van der Waals surface area contributed by atoms with Gasteiger partial charge in [0.2, 0.25) is 0 Å². The van der Waals surface area contributed by atoms with Gasteiger partial charge in [-0.2, -0.15) is 0 Å². The number of pyridine rings is 1. The van der Waals surface area contributed by atoms with Gasteiger partial charge >= 0.3 is 0 Å². The Morgan fingerprint density at radius 1 is 1.64 bits per heavy atom. The van der Waals surface area contributed by atoms with Crippen LogP contribution in [0.15, 0.2) is 22.9 Å². The van der Waals surface area contributed by atoms with Crippen LogP contribution in [0.2, 0.25) is 0 Å².